The molecular weight excluding hydrogens is 404 g/mol. The van der Waals surface area contributed by atoms with Crippen molar-refractivity contribution < 1.29 is 18.3 Å². The molecule has 0 bridgehead atoms. The van der Waals surface area contributed by atoms with Crippen LogP contribution in [-0.4, -0.2) is 6.61 Å². The molecule has 0 aliphatic heterocycles. The van der Waals surface area contributed by atoms with Crippen LogP contribution in [0.1, 0.15) is 23.8 Å². The van der Waals surface area contributed by atoms with E-state index in [1.807, 2.05) is 31.2 Å². The third kappa shape index (κ3) is 6.16. The molecule has 2 aromatic carbocycles. The number of furan rings is 1. The number of hydrogen-bond acceptors (Lipinski definition) is 4. The molecule has 4 nitrogen and oxygen atoms in total. The van der Waals surface area contributed by atoms with Crippen LogP contribution in [0, 0.1) is 5.82 Å². The zero-order valence-corrected chi connectivity index (χ0v) is 17.0. The Morgan fingerprint density at radius 1 is 1.04 bits per heavy atom. The summed E-state index contributed by atoms with van der Waals surface area (Å²) >= 11 is 6.43. The van der Waals surface area contributed by atoms with Gasteiger partial charge in [-0.25, -0.2) is 4.39 Å². The highest BCUT2D eigenvalue weighted by Gasteiger charge is 2.13. The minimum absolute atomic E-state index is 0. The quantitative estimate of drug-likeness (QED) is 0.473. The number of nitrogens with one attached hydrogen (secondary N) is 1. The van der Waals surface area contributed by atoms with Crippen LogP contribution in [0.3, 0.4) is 0 Å². The first-order valence-electron chi connectivity index (χ1n) is 8.71. The Bertz CT molecular complexity index is 855. The van der Waals surface area contributed by atoms with Crippen molar-refractivity contribution in [2.75, 3.05) is 6.61 Å². The fourth-order valence-electron chi connectivity index (χ4n) is 2.61. The number of benzene rings is 2. The fourth-order valence-corrected chi connectivity index (χ4v) is 2.89. The lowest BCUT2D eigenvalue weighted by molar-refractivity contribution is 0.269. The van der Waals surface area contributed by atoms with E-state index >= 15 is 0 Å². The van der Waals surface area contributed by atoms with Gasteiger partial charge in [-0.15, -0.1) is 12.4 Å². The van der Waals surface area contributed by atoms with Gasteiger partial charge in [-0.1, -0.05) is 23.7 Å². The first-order chi connectivity index (χ1) is 13.2. The van der Waals surface area contributed by atoms with E-state index in [-0.39, 0.29) is 24.8 Å². The highest BCUT2D eigenvalue weighted by atomic mass is 35.5. The van der Waals surface area contributed by atoms with Crippen LogP contribution in [0.4, 0.5) is 4.39 Å². The molecule has 0 radical (unpaired) electrons. The molecule has 0 amide bonds. The van der Waals surface area contributed by atoms with E-state index in [1.54, 1.807) is 18.4 Å². The topological polar surface area (TPSA) is 43.6 Å². The first kappa shape index (κ1) is 22.1. The van der Waals surface area contributed by atoms with Gasteiger partial charge in [-0.3, -0.25) is 0 Å². The summed E-state index contributed by atoms with van der Waals surface area (Å²) in [6, 6.07) is 13.7. The van der Waals surface area contributed by atoms with Crippen molar-refractivity contribution in [3.05, 3.63) is 82.5 Å². The molecule has 150 valence electrons. The summed E-state index contributed by atoms with van der Waals surface area (Å²) in [6.45, 7) is 3.90. The lowest BCUT2D eigenvalue weighted by atomic mass is 10.2. The average molecular weight is 426 g/mol. The van der Waals surface area contributed by atoms with Crippen molar-refractivity contribution in [1.29, 1.82) is 0 Å². The Morgan fingerprint density at radius 3 is 2.50 bits per heavy atom. The normalized spacial score (nSPS) is 10.4. The van der Waals surface area contributed by atoms with Gasteiger partial charge in [0.25, 0.3) is 0 Å². The van der Waals surface area contributed by atoms with Gasteiger partial charge in [-0.05, 0) is 54.4 Å². The van der Waals surface area contributed by atoms with Crippen molar-refractivity contribution in [3.63, 3.8) is 0 Å². The third-order valence-corrected chi connectivity index (χ3v) is 4.15. The van der Waals surface area contributed by atoms with Gasteiger partial charge in [0.2, 0.25) is 0 Å². The van der Waals surface area contributed by atoms with Gasteiger partial charge >= 0.3 is 0 Å². The number of halogens is 3. The molecule has 0 saturated heterocycles. The third-order valence-electron chi connectivity index (χ3n) is 3.87. The van der Waals surface area contributed by atoms with E-state index < -0.39 is 0 Å². The molecule has 0 spiro atoms. The summed E-state index contributed by atoms with van der Waals surface area (Å²) in [5.41, 5.74) is 1.82. The minimum Gasteiger partial charge on any atom is -0.490 e. The predicted molar refractivity (Wildman–Crippen MR) is 110 cm³/mol. The molecule has 1 N–H and O–H groups in total. The Hall–Kier alpha value is -2.21. The van der Waals surface area contributed by atoms with Gasteiger partial charge in [0.15, 0.2) is 11.5 Å². The van der Waals surface area contributed by atoms with Gasteiger partial charge in [0.05, 0.1) is 24.4 Å². The standard InChI is InChI=1S/C21H21ClFNO3.ClH/c1-2-25-20-11-16(12-24-13-18-4-3-9-26-18)10-19(22)21(20)27-14-15-5-7-17(23)8-6-15;/h3-11,24H,2,12-14H2,1H3;1H. The second-order valence-corrected chi connectivity index (χ2v) is 6.34. The van der Waals surface area contributed by atoms with E-state index in [4.69, 9.17) is 25.5 Å². The second-order valence-electron chi connectivity index (χ2n) is 5.94. The van der Waals surface area contributed by atoms with E-state index in [2.05, 4.69) is 5.32 Å². The van der Waals surface area contributed by atoms with Crippen LogP contribution >= 0.6 is 24.0 Å². The first-order valence-corrected chi connectivity index (χ1v) is 9.09. The highest BCUT2D eigenvalue weighted by molar-refractivity contribution is 6.32. The summed E-state index contributed by atoms with van der Waals surface area (Å²) < 4.78 is 29.9. The lowest BCUT2D eigenvalue weighted by Crippen LogP contribution is -2.12. The summed E-state index contributed by atoms with van der Waals surface area (Å²) in [5.74, 6) is 1.66. The van der Waals surface area contributed by atoms with E-state index in [0.717, 1.165) is 16.9 Å². The molecule has 0 atom stereocenters. The van der Waals surface area contributed by atoms with Crippen LogP contribution < -0.4 is 14.8 Å². The molecule has 0 saturated carbocycles. The number of hydrogen-bond donors (Lipinski definition) is 1. The molecule has 7 heteroatoms. The molecule has 0 fully saturated rings. The van der Waals surface area contributed by atoms with Crippen molar-refractivity contribution in [2.45, 2.75) is 26.6 Å². The smallest absolute Gasteiger partial charge is 0.180 e. The lowest BCUT2D eigenvalue weighted by Gasteiger charge is -2.15. The molecular formula is C21H22Cl2FNO3. The molecule has 0 aliphatic rings. The molecule has 1 aromatic heterocycles. The largest absolute Gasteiger partial charge is 0.490 e. The maximum atomic E-state index is 13.0. The van der Waals surface area contributed by atoms with E-state index in [9.17, 15) is 4.39 Å². The van der Waals surface area contributed by atoms with Crippen LogP contribution in [0.25, 0.3) is 0 Å². The Morgan fingerprint density at radius 2 is 1.82 bits per heavy atom. The van der Waals surface area contributed by atoms with Crippen molar-refractivity contribution in [3.8, 4) is 11.5 Å². The summed E-state index contributed by atoms with van der Waals surface area (Å²) in [4.78, 5) is 0. The van der Waals surface area contributed by atoms with Gasteiger partial charge in [0.1, 0.15) is 18.2 Å². The van der Waals surface area contributed by atoms with Gasteiger partial charge < -0.3 is 19.2 Å². The van der Waals surface area contributed by atoms with Crippen molar-refractivity contribution in [1.82, 2.24) is 5.32 Å². The molecule has 1 heterocycles. The van der Waals surface area contributed by atoms with Crippen molar-refractivity contribution in [2.24, 2.45) is 0 Å². The predicted octanol–water partition coefficient (Wildman–Crippen LogP) is 5.76. The van der Waals surface area contributed by atoms with Crippen LogP contribution in [0.2, 0.25) is 5.02 Å². The van der Waals surface area contributed by atoms with E-state index in [0.29, 0.717) is 36.2 Å². The SMILES string of the molecule is CCOc1cc(CNCc2ccco2)cc(Cl)c1OCc1ccc(F)cc1.Cl. The Kier molecular flexibility index (Phi) is 8.64. The van der Waals surface area contributed by atoms with Crippen LogP contribution in [0.15, 0.2) is 59.2 Å². The van der Waals surface area contributed by atoms with Crippen molar-refractivity contribution >= 4 is 24.0 Å². The maximum Gasteiger partial charge on any atom is 0.180 e. The Labute approximate surface area is 175 Å². The van der Waals surface area contributed by atoms with Crippen LogP contribution in [-0.2, 0) is 19.7 Å². The Balaban J connectivity index is 0.00000280. The molecule has 0 aliphatic carbocycles. The molecule has 3 rings (SSSR count). The summed E-state index contributed by atoms with van der Waals surface area (Å²) in [5, 5.41) is 3.77. The second kappa shape index (κ2) is 11.0. The molecule has 3 aromatic rings. The number of rotatable bonds is 9. The zero-order valence-electron chi connectivity index (χ0n) is 15.4. The van der Waals surface area contributed by atoms with Gasteiger partial charge in [0, 0.05) is 6.54 Å². The molecule has 0 unspecified atom stereocenters. The van der Waals surface area contributed by atoms with Crippen LogP contribution in [0.5, 0.6) is 11.5 Å². The van der Waals surface area contributed by atoms with Gasteiger partial charge in [-0.2, -0.15) is 0 Å². The fraction of sp³-hybridized carbons (Fsp3) is 0.238. The highest BCUT2D eigenvalue weighted by Crippen LogP contribution is 2.37. The summed E-state index contributed by atoms with van der Waals surface area (Å²) in [6.07, 6.45) is 1.65. The zero-order chi connectivity index (χ0) is 19.1. The number of ether oxygens (including phenoxy) is 2. The summed E-state index contributed by atoms with van der Waals surface area (Å²) in [7, 11) is 0. The average Bonchev–Trinajstić information content (AvgIpc) is 3.16. The van der Waals surface area contributed by atoms with E-state index in [1.165, 1.54) is 12.1 Å². The minimum atomic E-state index is -0.279. The molecule has 28 heavy (non-hydrogen) atoms. The monoisotopic (exact) mass is 425 g/mol. The maximum absolute atomic E-state index is 13.0.